The molecule has 2 rings (SSSR count). The lowest BCUT2D eigenvalue weighted by molar-refractivity contribution is 0.0528. The number of ether oxygens (including phenoxy) is 2. The van der Waals surface area contributed by atoms with Gasteiger partial charge >= 0.3 is 6.09 Å². The highest BCUT2D eigenvalue weighted by atomic mass is 16.6. The number of rotatable bonds is 5. The minimum absolute atomic E-state index is 0.364. The third kappa shape index (κ3) is 5.17. The molecule has 5 nitrogen and oxygen atoms in total. The quantitative estimate of drug-likeness (QED) is 0.819. The van der Waals surface area contributed by atoms with E-state index in [4.69, 9.17) is 9.47 Å². The Labute approximate surface area is 126 Å². The van der Waals surface area contributed by atoms with Crippen LogP contribution in [0.3, 0.4) is 0 Å². The Morgan fingerprint density at radius 1 is 1.33 bits per heavy atom. The number of anilines is 1. The van der Waals surface area contributed by atoms with Crippen molar-refractivity contribution in [1.29, 1.82) is 0 Å². The molecular formula is C16H24N2O3. The molecule has 0 aliphatic carbocycles. The summed E-state index contributed by atoms with van der Waals surface area (Å²) in [7, 11) is 0. The van der Waals surface area contributed by atoms with E-state index in [9.17, 15) is 4.79 Å². The molecule has 0 fully saturated rings. The number of hydrogen-bond acceptors (Lipinski definition) is 4. The van der Waals surface area contributed by atoms with Gasteiger partial charge in [-0.05, 0) is 51.0 Å². The number of amides is 1. The maximum Gasteiger partial charge on any atom is 0.407 e. The Balaban J connectivity index is 1.63. The number of hydrogen-bond donors (Lipinski definition) is 2. The minimum Gasteiger partial charge on any atom is -0.493 e. The van der Waals surface area contributed by atoms with Gasteiger partial charge in [-0.2, -0.15) is 0 Å². The van der Waals surface area contributed by atoms with E-state index in [1.807, 2.05) is 32.9 Å². The van der Waals surface area contributed by atoms with E-state index >= 15 is 0 Å². The number of carbonyl (C=O) groups is 1. The van der Waals surface area contributed by atoms with Gasteiger partial charge in [0.2, 0.25) is 0 Å². The Hall–Kier alpha value is -1.91. The molecule has 2 N–H and O–H groups in total. The summed E-state index contributed by atoms with van der Waals surface area (Å²) in [6, 6.07) is 6.15. The second kappa shape index (κ2) is 6.70. The van der Waals surface area contributed by atoms with Gasteiger partial charge in [-0.15, -0.1) is 0 Å². The first kappa shape index (κ1) is 15.5. The van der Waals surface area contributed by atoms with Gasteiger partial charge in [-0.25, -0.2) is 4.79 Å². The minimum atomic E-state index is -0.450. The van der Waals surface area contributed by atoms with Crippen molar-refractivity contribution < 1.29 is 14.3 Å². The molecule has 0 spiro atoms. The Morgan fingerprint density at radius 3 is 2.90 bits per heavy atom. The molecule has 1 aliphatic heterocycles. The van der Waals surface area contributed by atoms with Crippen LogP contribution in [-0.4, -0.2) is 31.4 Å². The largest absolute Gasteiger partial charge is 0.493 e. The number of fused-ring (bicyclic) bond motifs is 1. The van der Waals surface area contributed by atoms with E-state index in [0.29, 0.717) is 6.54 Å². The standard InChI is InChI=1S/C16H24N2O3/c1-16(2,3)21-15(19)18-9-4-8-17-13-5-6-14-12(11-13)7-10-20-14/h5-6,11,17H,4,7-10H2,1-3H3,(H,18,19). The van der Waals surface area contributed by atoms with Gasteiger partial charge in [0.25, 0.3) is 0 Å². The molecule has 1 aliphatic rings. The first-order chi connectivity index (χ1) is 9.94. The third-order valence-corrected chi connectivity index (χ3v) is 3.04. The van der Waals surface area contributed by atoms with Crippen molar-refractivity contribution in [3.63, 3.8) is 0 Å². The fourth-order valence-electron chi connectivity index (χ4n) is 2.12. The summed E-state index contributed by atoms with van der Waals surface area (Å²) in [5.74, 6) is 0.993. The first-order valence-electron chi connectivity index (χ1n) is 7.40. The molecule has 0 bridgehead atoms. The molecule has 116 valence electrons. The summed E-state index contributed by atoms with van der Waals surface area (Å²) < 4.78 is 10.6. The molecule has 0 aromatic heterocycles. The van der Waals surface area contributed by atoms with Gasteiger partial charge in [-0.3, -0.25) is 0 Å². The molecule has 0 unspecified atom stereocenters. The Bertz CT molecular complexity index is 495. The van der Waals surface area contributed by atoms with Crippen LogP contribution < -0.4 is 15.4 Å². The molecule has 0 saturated carbocycles. The molecular weight excluding hydrogens is 268 g/mol. The van der Waals surface area contributed by atoms with E-state index in [1.165, 1.54) is 5.56 Å². The van der Waals surface area contributed by atoms with Gasteiger partial charge in [0.15, 0.2) is 0 Å². The van der Waals surface area contributed by atoms with Crippen LogP contribution in [0.15, 0.2) is 18.2 Å². The Morgan fingerprint density at radius 2 is 2.14 bits per heavy atom. The van der Waals surface area contributed by atoms with Crippen molar-refractivity contribution >= 4 is 11.8 Å². The SMILES string of the molecule is CC(C)(C)OC(=O)NCCCNc1ccc2c(c1)CCO2. The summed E-state index contributed by atoms with van der Waals surface area (Å²) in [6.07, 6.45) is 1.45. The lowest BCUT2D eigenvalue weighted by Gasteiger charge is -2.19. The van der Waals surface area contributed by atoms with Gasteiger partial charge in [0, 0.05) is 25.2 Å². The predicted molar refractivity (Wildman–Crippen MR) is 83.0 cm³/mol. The van der Waals surface area contributed by atoms with Crippen molar-refractivity contribution in [3.05, 3.63) is 23.8 Å². The van der Waals surface area contributed by atoms with Gasteiger partial charge in [-0.1, -0.05) is 0 Å². The fourth-order valence-corrected chi connectivity index (χ4v) is 2.12. The van der Waals surface area contributed by atoms with Crippen LogP contribution in [0.5, 0.6) is 5.75 Å². The maximum absolute atomic E-state index is 11.5. The molecule has 0 atom stereocenters. The first-order valence-corrected chi connectivity index (χ1v) is 7.40. The summed E-state index contributed by atoms with van der Waals surface area (Å²) in [4.78, 5) is 11.5. The maximum atomic E-state index is 11.5. The second-order valence-electron chi connectivity index (χ2n) is 6.13. The lowest BCUT2D eigenvalue weighted by atomic mass is 10.1. The molecule has 1 aromatic carbocycles. The van der Waals surface area contributed by atoms with Gasteiger partial charge < -0.3 is 20.1 Å². The highest BCUT2D eigenvalue weighted by molar-refractivity contribution is 5.67. The highest BCUT2D eigenvalue weighted by Crippen LogP contribution is 2.27. The van der Waals surface area contributed by atoms with Crippen molar-refractivity contribution in [2.75, 3.05) is 25.0 Å². The summed E-state index contributed by atoms with van der Waals surface area (Å²) in [6.45, 7) is 7.73. The fraction of sp³-hybridized carbons (Fsp3) is 0.562. The van der Waals surface area contributed by atoms with Crippen LogP contribution >= 0.6 is 0 Å². The summed E-state index contributed by atoms with van der Waals surface area (Å²) in [5.41, 5.74) is 1.90. The van der Waals surface area contributed by atoms with E-state index in [0.717, 1.165) is 37.4 Å². The van der Waals surface area contributed by atoms with Crippen LogP contribution in [0.25, 0.3) is 0 Å². The lowest BCUT2D eigenvalue weighted by Crippen LogP contribution is -2.33. The van der Waals surface area contributed by atoms with Crippen LogP contribution in [-0.2, 0) is 11.2 Å². The average molecular weight is 292 g/mol. The van der Waals surface area contributed by atoms with E-state index in [2.05, 4.69) is 16.7 Å². The van der Waals surface area contributed by atoms with Crippen LogP contribution in [0, 0.1) is 0 Å². The number of benzene rings is 1. The molecule has 1 aromatic rings. The average Bonchev–Trinajstić information content (AvgIpc) is 2.83. The van der Waals surface area contributed by atoms with Crippen LogP contribution in [0.2, 0.25) is 0 Å². The number of alkyl carbamates (subject to hydrolysis) is 1. The molecule has 0 saturated heterocycles. The van der Waals surface area contributed by atoms with Crippen molar-refractivity contribution in [2.24, 2.45) is 0 Å². The molecule has 0 radical (unpaired) electrons. The third-order valence-electron chi connectivity index (χ3n) is 3.04. The van der Waals surface area contributed by atoms with Crippen molar-refractivity contribution in [3.8, 4) is 5.75 Å². The van der Waals surface area contributed by atoms with Gasteiger partial charge in [0.05, 0.1) is 6.61 Å². The predicted octanol–water partition coefficient (Wildman–Crippen LogP) is 2.95. The van der Waals surface area contributed by atoms with Gasteiger partial charge in [0.1, 0.15) is 11.4 Å². The zero-order valence-electron chi connectivity index (χ0n) is 13.0. The van der Waals surface area contributed by atoms with E-state index in [1.54, 1.807) is 0 Å². The molecule has 1 amide bonds. The smallest absolute Gasteiger partial charge is 0.407 e. The summed E-state index contributed by atoms with van der Waals surface area (Å²) >= 11 is 0. The van der Waals surface area contributed by atoms with E-state index < -0.39 is 5.60 Å². The molecule has 5 heteroatoms. The van der Waals surface area contributed by atoms with Crippen molar-refractivity contribution in [1.82, 2.24) is 5.32 Å². The number of nitrogens with one attached hydrogen (secondary N) is 2. The highest BCUT2D eigenvalue weighted by Gasteiger charge is 2.15. The van der Waals surface area contributed by atoms with E-state index in [-0.39, 0.29) is 6.09 Å². The zero-order chi connectivity index (χ0) is 15.3. The monoisotopic (exact) mass is 292 g/mol. The zero-order valence-corrected chi connectivity index (χ0v) is 13.0. The topological polar surface area (TPSA) is 59.6 Å². The normalized spacial score (nSPS) is 13.3. The Kier molecular flexibility index (Phi) is 4.94. The second-order valence-corrected chi connectivity index (χ2v) is 6.13. The molecule has 21 heavy (non-hydrogen) atoms. The number of carbonyl (C=O) groups excluding carboxylic acids is 1. The molecule has 1 heterocycles. The van der Waals surface area contributed by atoms with Crippen LogP contribution in [0.1, 0.15) is 32.8 Å². The van der Waals surface area contributed by atoms with Crippen molar-refractivity contribution in [2.45, 2.75) is 39.2 Å². The summed E-state index contributed by atoms with van der Waals surface area (Å²) in [5, 5.41) is 6.09. The van der Waals surface area contributed by atoms with Crippen LogP contribution in [0.4, 0.5) is 10.5 Å².